The highest BCUT2D eigenvalue weighted by Crippen LogP contribution is 2.20. The van der Waals surface area contributed by atoms with Crippen molar-refractivity contribution in [1.82, 2.24) is 9.88 Å². The molecule has 1 aromatic heterocycles. The minimum Gasteiger partial charge on any atom is -0.336 e. The highest BCUT2D eigenvalue weighted by molar-refractivity contribution is 5.83. The highest BCUT2D eigenvalue weighted by Gasteiger charge is 2.05. The molecule has 2 rings (SSSR count). The Kier molecular flexibility index (Phi) is 4.07. The summed E-state index contributed by atoms with van der Waals surface area (Å²) >= 11 is 0. The Morgan fingerprint density at radius 1 is 1.33 bits per heavy atom. The van der Waals surface area contributed by atoms with Crippen LogP contribution in [0, 0.1) is 18.3 Å². The van der Waals surface area contributed by atoms with Gasteiger partial charge in [-0.05, 0) is 29.5 Å². The lowest BCUT2D eigenvalue weighted by molar-refractivity contribution is 0.553. The zero-order chi connectivity index (χ0) is 13.0. The predicted octanol–water partition coefficient (Wildman–Crippen LogP) is 3.02. The van der Waals surface area contributed by atoms with Crippen LogP contribution in [0.15, 0.2) is 30.5 Å². The van der Waals surface area contributed by atoms with E-state index in [0.29, 0.717) is 12.5 Å². The van der Waals surface area contributed by atoms with Gasteiger partial charge in [-0.2, -0.15) is 0 Å². The maximum atomic E-state index is 5.41. The summed E-state index contributed by atoms with van der Waals surface area (Å²) in [5, 5.41) is 4.75. The van der Waals surface area contributed by atoms with Crippen molar-refractivity contribution < 1.29 is 0 Å². The Balaban J connectivity index is 2.26. The first-order valence-electron chi connectivity index (χ1n) is 6.43. The topological polar surface area (TPSA) is 17.0 Å². The molecule has 0 atom stereocenters. The number of terminal acetylenes is 1. The Morgan fingerprint density at radius 2 is 2.17 bits per heavy atom. The quantitative estimate of drug-likeness (QED) is 0.795. The van der Waals surface area contributed by atoms with Gasteiger partial charge in [0.2, 0.25) is 0 Å². The molecule has 0 bridgehead atoms. The van der Waals surface area contributed by atoms with Gasteiger partial charge in [-0.3, -0.25) is 0 Å². The minimum atomic E-state index is 0.630. The average molecular weight is 240 g/mol. The number of fused-ring (bicyclic) bond motifs is 1. The summed E-state index contributed by atoms with van der Waals surface area (Å²) in [4.78, 5) is 0. The number of rotatable bonds is 5. The van der Waals surface area contributed by atoms with Gasteiger partial charge in [0.1, 0.15) is 0 Å². The van der Waals surface area contributed by atoms with E-state index >= 15 is 0 Å². The second kappa shape index (κ2) is 5.75. The maximum absolute atomic E-state index is 5.41. The number of nitrogens with zero attached hydrogens (tertiary/aromatic N) is 1. The molecular weight excluding hydrogens is 220 g/mol. The van der Waals surface area contributed by atoms with Crippen molar-refractivity contribution in [2.24, 2.45) is 5.92 Å². The fourth-order valence-corrected chi connectivity index (χ4v) is 2.21. The van der Waals surface area contributed by atoms with Crippen LogP contribution in [0.5, 0.6) is 0 Å². The van der Waals surface area contributed by atoms with Gasteiger partial charge in [-0.1, -0.05) is 38.0 Å². The third-order valence-electron chi connectivity index (χ3n) is 3.00. The van der Waals surface area contributed by atoms with Crippen molar-refractivity contribution in [3.63, 3.8) is 0 Å². The zero-order valence-corrected chi connectivity index (χ0v) is 11.1. The number of aromatic nitrogens is 1. The van der Waals surface area contributed by atoms with Crippen LogP contribution in [0.25, 0.3) is 10.9 Å². The van der Waals surface area contributed by atoms with E-state index in [9.17, 15) is 0 Å². The van der Waals surface area contributed by atoms with Crippen LogP contribution >= 0.6 is 0 Å². The first kappa shape index (κ1) is 12.7. The van der Waals surface area contributed by atoms with Gasteiger partial charge < -0.3 is 9.88 Å². The molecule has 0 fully saturated rings. The van der Waals surface area contributed by atoms with Gasteiger partial charge in [-0.15, -0.1) is 6.42 Å². The first-order valence-corrected chi connectivity index (χ1v) is 6.43. The molecule has 0 spiro atoms. The number of nitrogens with one attached hydrogen (secondary N) is 1. The van der Waals surface area contributed by atoms with Crippen molar-refractivity contribution >= 4 is 10.9 Å². The van der Waals surface area contributed by atoms with E-state index in [0.717, 1.165) is 13.1 Å². The van der Waals surface area contributed by atoms with E-state index < -0.39 is 0 Å². The molecule has 18 heavy (non-hydrogen) atoms. The molecular formula is C16H20N2. The van der Waals surface area contributed by atoms with Gasteiger partial charge in [-0.25, -0.2) is 0 Å². The third kappa shape index (κ3) is 2.75. The van der Waals surface area contributed by atoms with Gasteiger partial charge in [0, 0.05) is 12.7 Å². The second-order valence-electron chi connectivity index (χ2n) is 5.03. The molecule has 0 aliphatic heterocycles. The molecule has 1 aromatic carbocycles. The number of hydrogen-bond acceptors (Lipinski definition) is 1. The Hall–Kier alpha value is -1.72. The highest BCUT2D eigenvalue weighted by atomic mass is 15.0. The number of hydrogen-bond donors (Lipinski definition) is 1. The van der Waals surface area contributed by atoms with E-state index in [1.54, 1.807) is 0 Å². The van der Waals surface area contributed by atoms with E-state index in [4.69, 9.17) is 6.42 Å². The lowest BCUT2D eigenvalue weighted by atomic mass is 10.1. The minimum absolute atomic E-state index is 0.630. The van der Waals surface area contributed by atoms with Crippen molar-refractivity contribution in [3.8, 4) is 12.3 Å². The molecule has 0 amide bonds. The molecule has 1 N–H and O–H groups in total. The van der Waals surface area contributed by atoms with Crippen molar-refractivity contribution in [1.29, 1.82) is 0 Å². The summed E-state index contributed by atoms with van der Waals surface area (Å²) in [6.45, 7) is 6.99. The van der Waals surface area contributed by atoms with E-state index in [2.05, 4.69) is 60.1 Å². The van der Waals surface area contributed by atoms with Gasteiger partial charge in [0.25, 0.3) is 0 Å². The van der Waals surface area contributed by atoms with Crippen LogP contribution in [0.3, 0.4) is 0 Å². The number of para-hydroxylation sites is 1. The predicted molar refractivity (Wildman–Crippen MR) is 77.3 cm³/mol. The smallest absolute Gasteiger partial charge is 0.0835 e. The molecule has 1 heterocycles. The van der Waals surface area contributed by atoms with Crippen LogP contribution in [0.4, 0.5) is 0 Å². The third-order valence-corrected chi connectivity index (χ3v) is 3.00. The summed E-state index contributed by atoms with van der Waals surface area (Å²) in [6, 6.07) is 8.53. The molecule has 0 radical (unpaired) electrons. The van der Waals surface area contributed by atoms with Crippen LogP contribution in [0.2, 0.25) is 0 Å². The largest absolute Gasteiger partial charge is 0.336 e. The molecule has 0 aliphatic carbocycles. The van der Waals surface area contributed by atoms with Crippen molar-refractivity contribution in [2.45, 2.75) is 26.9 Å². The molecule has 0 saturated carbocycles. The molecule has 2 heteroatoms. The van der Waals surface area contributed by atoms with Crippen LogP contribution in [-0.4, -0.2) is 11.1 Å². The monoisotopic (exact) mass is 240 g/mol. The summed E-state index contributed by atoms with van der Waals surface area (Å²) in [7, 11) is 0. The number of benzene rings is 1. The lowest BCUT2D eigenvalue weighted by Gasteiger charge is -2.10. The zero-order valence-electron chi connectivity index (χ0n) is 11.1. The lowest BCUT2D eigenvalue weighted by Crippen LogP contribution is -2.19. The van der Waals surface area contributed by atoms with E-state index in [1.165, 1.54) is 16.5 Å². The first-order chi connectivity index (χ1) is 8.72. The van der Waals surface area contributed by atoms with Gasteiger partial charge >= 0.3 is 0 Å². The van der Waals surface area contributed by atoms with Crippen LogP contribution in [-0.2, 0) is 13.1 Å². The normalized spacial score (nSPS) is 11.0. The summed E-state index contributed by atoms with van der Waals surface area (Å²) in [5.74, 6) is 3.37. The molecule has 2 aromatic rings. The molecule has 2 nitrogen and oxygen atoms in total. The molecule has 0 aliphatic rings. The maximum Gasteiger partial charge on any atom is 0.0835 e. The Labute approximate surface area is 109 Å². The van der Waals surface area contributed by atoms with Gasteiger partial charge in [0.05, 0.1) is 12.1 Å². The Bertz CT molecular complexity index is 558. The molecule has 94 valence electrons. The van der Waals surface area contributed by atoms with Crippen molar-refractivity contribution in [3.05, 3.63) is 36.0 Å². The summed E-state index contributed by atoms with van der Waals surface area (Å²) in [6.07, 6.45) is 7.48. The Morgan fingerprint density at radius 3 is 2.89 bits per heavy atom. The fraction of sp³-hybridized carbons (Fsp3) is 0.375. The molecule has 0 saturated heterocycles. The van der Waals surface area contributed by atoms with E-state index in [1.807, 2.05) is 0 Å². The average Bonchev–Trinajstić information content (AvgIpc) is 2.74. The second-order valence-corrected chi connectivity index (χ2v) is 5.03. The van der Waals surface area contributed by atoms with Crippen LogP contribution in [0.1, 0.15) is 19.4 Å². The van der Waals surface area contributed by atoms with Gasteiger partial charge in [0.15, 0.2) is 0 Å². The summed E-state index contributed by atoms with van der Waals surface area (Å²) in [5.41, 5.74) is 2.57. The molecule has 0 unspecified atom stereocenters. The van der Waals surface area contributed by atoms with Crippen LogP contribution < -0.4 is 5.32 Å². The van der Waals surface area contributed by atoms with E-state index in [-0.39, 0.29) is 0 Å². The fourth-order valence-electron chi connectivity index (χ4n) is 2.21. The standard InChI is InChI=1S/C16H20N2/c1-4-9-18-10-8-14-6-5-7-15(16(14)18)12-17-11-13(2)3/h1,5-8,10,13,17H,9,11-12H2,2-3H3. The summed E-state index contributed by atoms with van der Waals surface area (Å²) < 4.78 is 2.14. The SMILES string of the molecule is C#CCn1ccc2cccc(CNCC(C)C)c21. The van der Waals surface area contributed by atoms with Crippen molar-refractivity contribution in [2.75, 3.05) is 6.54 Å².